The van der Waals surface area contributed by atoms with Gasteiger partial charge < -0.3 is 9.90 Å². The molecular weight excluding hydrogens is 164 g/mol. The molecule has 4 nitrogen and oxygen atoms in total. The van der Waals surface area contributed by atoms with Gasteiger partial charge in [-0.2, -0.15) is 0 Å². The smallest absolute Gasteiger partial charge is 0.542 e. The van der Waals surface area contributed by atoms with Gasteiger partial charge in [-0.05, 0) is 6.92 Å². The van der Waals surface area contributed by atoms with Gasteiger partial charge in [-0.15, -0.1) is 0 Å². The fourth-order valence-electron chi connectivity index (χ4n) is 0.298. The van der Waals surface area contributed by atoms with Crippen molar-refractivity contribution in [1.29, 1.82) is 0 Å². The maximum atomic E-state index is 10.1. The summed E-state index contributed by atoms with van der Waals surface area (Å²) in [6, 6.07) is 0. The molecule has 0 aromatic carbocycles. The molecule has 0 aromatic heterocycles. The first-order valence-corrected chi connectivity index (χ1v) is 2.27. The van der Waals surface area contributed by atoms with E-state index in [0.717, 1.165) is 6.92 Å². The molecule has 0 fully saturated rings. The normalized spacial score (nSPS) is 7.70. The predicted molar refractivity (Wildman–Crippen MR) is 31.1 cm³/mol. The van der Waals surface area contributed by atoms with E-state index in [1.54, 1.807) is 0 Å². The van der Waals surface area contributed by atoms with Crippen LogP contribution in [0.2, 0.25) is 0 Å². The van der Waals surface area contributed by atoms with Crippen molar-refractivity contribution in [2.75, 3.05) is 0 Å². The van der Waals surface area contributed by atoms with Crippen LogP contribution in [0.3, 0.4) is 0 Å². The minimum absolute atomic E-state index is 0. The van der Waals surface area contributed by atoms with E-state index < -0.39 is 24.0 Å². The van der Waals surface area contributed by atoms with Gasteiger partial charge in [0.1, 0.15) is 11.8 Å². The second-order valence-electron chi connectivity index (χ2n) is 1.59. The van der Waals surface area contributed by atoms with Crippen LogP contribution in [0.25, 0.3) is 0 Å². The van der Waals surface area contributed by atoms with Crippen LogP contribution < -0.4 is 5.11 Å². The van der Waals surface area contributed by atoms with E-state index in [4.69, 9.17) is 0 Å². The number of ketones is 2. The zero-order valence-corrected chi connectivity index (χ0v) is 7.76. The Kier molecular flexibility index (Phi) is 7.41. The summed E-state index contributed by atoms with van der Waals surface area (Å²) in [6.07, 6.45) is -0.567. The molecule has 10 heavy (non-hydrogen) atoms. The largest absolute Gasteiger partial charge is 2.00 e. The van der Waals surface area contributed by atoms with Gasteiger partial charge in [-0.1, -0.05) is 0 Å². The van der Waals surface area contributed by atoms with Crippen LogP contribution in [-0.4, -0.2) is 55.3 Å². The van der Waals surface area contributed by atoms with Crippen LogP contribution in [-0.2, 0) is 14.4 Å². The topological polar surface area (TPSA) is 74.3 Å². The van der Waals surface area contributed by atoms with Crippen molar-refractivity contribution in [3.63, 3.8) is 0 Å². The van der Waals surface area contributed by atoms with Gasteiger partial charge in [-0.3, -0.25) is 9.59 Å². The summed E-state index contributed by atoms with van der Waals surface area (Å²) >= 11 is 0. The van der Waals surface area contributed by atoms with Gasteiger partial charge in [0.2, 0.25) is 0 Å². The summed E-state index contributed by atoms with van der Waals surface area (Å²) in [6.45, 7) is 1.14. The molecule has 0 aromatic rings. The van der Waals surface area contributed by atoms with E-state index in [2.05, 4.69) is 0 Å². The van der Waals surface area contributed by atoms with Gasteiger partial charge >= 0.3 is 37.7 Å². The average molecular weight is 169 g/mol. The molecule has 0 spiro atoms. The molecule has 0 unspecified atom stereocenters. The van der Waals surface area contributed by atoms with E-state index in [1.165, 1.54) is 0 Å². The molecular formula is C5H5CaO4+. The maximum absolute atomic E-state index is 10.1. The Bertz CT molecular complexity index is 163. The molecule has 0 amide bonds. The average Bonchev–Trinajstić information content (AvgIpc) is 1.63. The van der Waals surface area contributed by atoms with Crippen molar-refractivity contribution >= 4 is 55.3 Å². The number of Topliss-reactive ketones (excluding diaryl/α,β-unsaturated/α-hetero) is 2. The molecule has 0 heterocycles. The van der Waals surface area contributed by atoms with E-state index in [1.807, 2.05) is 0 Å². The third-order valence-electron chi connectivity index (χ3n) is 0.637. The van der Waals surface area contributed by atoms with Gasteiger partial charge in [0.25, 0.3) is 0 Å². The molecule has 0 N–H and O–H groups in total. The fraction of sp³-hybridized carbons (Fsp3) is 0.400. The Hall–Kier alpha value is 0.0697. The number of rotatable bonds is 3. The Morgan fingerprint density at radius 3 is 1.80 bits per heavy atom. The van der Waals surface area contributed by atoms with Crippen LogP contribution in [0.15, 0.2) is 0 Å². The third kappa shape index (κ3) is 6.19. The molecule has 5 heteroatoms. The summed E-state index contributed by atoms with van der Waals surface area (Å²) in [5.74, 6) is -3.43. The van der Waals surface area contributed by atoms with Crippen LogP contribution >= 0.6 is 0 Å². The number of carboxylic acids is 1. The molecule has 50 valence electrons. The van der Waals surface area contributed by atoms with Crippen molar-refractivity contribution < 1.29 is 19.5 Å². The molecule has 0 aliphatic carbocycles. The molecule has 0 bridgehead atoms. The van der Waals surface area contributed by atoms with E-state index in [9.17, 15) is 19.5 Å². The number of carboxylic acid groups (broad SMARTS) is 1. The second-order valence-corrected chi connectivity index (χ2v) is 1.59. The van der Waals surface area contributed by atoms with Crippen LogP contribution in [0.5, 0.6) is 0 Å². The van der Waals surface area contributed by atoms with Gasteiger partial charge in [0, 0.05) is 0 Å². The first-order chi connectivity index (χ1) is 4.04. The molecule has 0 aliphatic heterocycles. The molecule has 0 aliphatic rings. The van der Waals surface area contributed by atoms with Crippen LogP contribution in [0.4, 0.5) is 0 Å². The minimum atomic E-state index is -1.80. The summed E-state index contributed by atoms with van der Waals surface area (Å²) in [5.41, 5.74) is 0. The Morgan fingerprint density at radius 1 is 1.30 bits per heavy atom. The first-order valence-electron chi connectivity index (χ1n) is 2.27. The van der Waals surface area contributed by atoms with Crippen molar-refractivity contribution in [1.82, 2.24) is 0 Å². The van der Waals surface area contributed by atoms with Crippen molar-refractivity contribution in [3.05, 3.63) is 0 Å². The maximum Gasteiger partial charge on any atom is 2.00 e. The van der Waals surface area contributed by atoms with E-state index >= 15 is 0 Å². The summed E-state index contributed by atoms with van der Waals surface area (Å²) in [5, 5.41) is 9.62. The summed E-state index contributed by atoms with van der Waals surface area (Å²) in [4.78, 5) is 29.7. The third-order valence-corrected chi connectivity index (χ3v) is 0.637. The molecule has 0 rings (SSSR count). The zero-order chi connectivity index (χ0) is 7.44. The standard InChI is InChI=1S/C5H6O4.Ca/c1-3(6)2-4(7)5(8)9;/h2H2,1H3,(H,8,9);/q;+2/p-1. The number of hydrogen-bond acceptors (Lipinski definition) is 4. The van der Waals surface area contributed by atoms with Crippen LogP contribution in [0, 0.1) is 0 Å². The number of aliphatic carboxylic acids is 1. The number of hydrogen-bond donors (Lipinski definition) is 0. The summed E-state index contributed by atoms with van der Waals surface area (Å²) < 4.78 is 0. The zero-order valence-electron chi connectivity index (χ0n) is 5.55. The van der Waals surface area contributed by atoms with Crippen LogP contribution in [0.1, 0.15) is 13.3 Å². The molecule has 0 saturated heterocycles. The fourth-order valence-corrected chi connectivity index (χ4v) is 0.298. The van der Waals surface area contributed by atoms with E-state index in [-0.39, 0.29) is 37.7 Å². The minimum Gasteiger partial charge on any atom is -0.542 e. The van der Waals surface area contributed by atoms with Crippen molar-refractivity contribution in [2.24, 2.45) is 0 Å². The summed E-state index contributed by atoms with van der Waals surface area (Å²) in [7, 11) is 0. The quantitative estimate of drug-likeness (QED) is 0.275. The molecule has 0 saturated carbocycles. The Morgan fingerprint density at radius 2 is 1.70 bits per heavy atom. The first kappa shape index (κ1) is 12.7. The van der Waals surface area contributed by atoms with Gasteiger partial charge in [0.15, 0.2) is 5.78 Å². The van der Waals surface area contributed by atoms with Gasteiger partial charge in [0.05, 0.1) is 6.42 Å². The second kappa shape index (κ2) is 5.82. The molecule has 0 atom stereocenters. The van der Waals surface area contributed by atoms with Gasteiger partial charge in [-0.25, -0.2) is 0 Å². The number of carbonyl (C=O) groups is 3. The van der Waals surface area contributed by atoms with Crippen molar-refractivity contribution in [2.45, 2.75) is 13.3 Å². The number of carbonyl (C=O) groups excluding carboxylic acids is 3. The Balaban J connectivity index is 0. The SMILES string of the molecule is CC(=O)CC(=O)C(=O)[O-].[Ca+2]. The monoisotopic (exact) mass is 169 g/mol. The Labute approximate surface area is 87.6 Å². The van der Waals surface area contributed by atoms with Crippen molar-refractivity contribution in [3.8, 4) is 0 Å². The van der Waals surface area contributed by atoms with E-state index in [0.29, 0.717) is 0 Å². The predicted octanol–water partition coefficient (Wildman–Crippen LogP) is -2.10. The molecule has 0 radical (unpaired) electrons.